The van der Waals surface area contributed by atoms with E-state index in [2.05, 4.69) is 58.7 Å². The molecule has 0 unspecified atom stereocenters. The monoisotopic (exact) mass is 551 g/mol. The maximum atomic E-state index is 5.49. The van der Waals surface area contributed by atoms with E-state index in [0.29, 0.717) is 12.6 Å². The molecule has 6 nitrogen and oxygen atoms in total. The van der Waals surface area contributed by atoms with Crippen molar-refractivity contribution in [2.24, 2.45) is 4.99 Å². The highest BCUT2D eigenvalue weighted by Crippen LogP contribution is 2.29. The van der Waals surface area contributed by atoms with Gasteiger partial charge in [0, 0.05) is 38.3 Å². The number of rotatable bonds is 9. The summed E-state index contributed by atoms with van der Waals surface area (Å²) in [5.41, 5.74) is 2.59. The van der Waals surface area contributed by atoms with Crippen molar-refractivity contribution in [3.8, 4) is 0 Å². The van der Waals surface area contributed by atoms with Crippen LogP contribution >= 0.6 is 24.0 Å². The molecular weight excluding hydrogens is 513 g/mol. The number of guanidine groups is 1. The van der Waals surface area contributed by atoms with E-state index in [0.717, 1.165) is 37.4 Å². The third-order valence-corrected chi connectivity index (χ3v) is 6.25. The summed E-state index contributed by atoms with van der Waals surface area (Å²) in [6.45, 7) is 7.79. The molecule has 1 saturated heterocycles. The largest absolute Gasteiger partial charge is 0.468 e. The van der Waals surface area contributed by atoms with Gasteiger partial charge in [-0.3, -0.25) is 4.90 Å². The van der Waals surface area contributed by atoms with Gasteiger partial charge in [-0.25, -0.2) is 4.99 Å². The van der Waals surface area contributed by atoms with E-state index in [9.17, 15) is 0 Å². The summed E-state index contributed by atoms with van der Waals surface area (Å²) in [5.74, 6) is 1.93. The zero-order chi connectivity index (χ0) is 21.5. The summed E-state index contributed by atoms with van der Waals surface area (Å²) in [6.07, 6.45) is 6.94. The first-order valence-electron chi connectivity index (χ1n) is 11.8. The maximum Gasteiger partial charge on any atom is 0.191 e. The lowest BCUT2D eigenvalue weighted by Gasteiger charge is -2.33. The van der Waals surface area contributed by atoms with Crippen LogP contribution in [0.3, 0.4) is 0 Å². The van der Waals surface area contributed by atoms with E-state index in [1.807, 2.05) is 12.1 Å². The predicted octanol–water partition coefficient (Wildman–Crippen LogP) is 4.21. The molecule has 2 heterocycles. The van der Waals surface area contributed by atoms with Crippen LogP contribution in [0.4, 0.5) is 0 Å². The summed E-state index contributed by atoms with van der Waals surface area (Å²) >= 11 is 0. The quantitative estimate of drug-likeness (QED) is 0.278. The minimum atomic E-state index is 0. The van der Waals surface area contributed by atoms with Gasteiger partial charge in [0.25, 0.3) is 0 Å². The number of likely N-dealkylation sites (tertiary alicyclic amines) is 1. The molecule has 0 bridgehead atoms. The molecule has 0 radical (unpaired) electrons. The molecule has 0 spiro atoms. The number of benzene rings is 1. The third-order valence-electron chi connectivity index (χ3n) is 6.25. The molecule has 32 heavy (non-hydrogen) atoms. The third kappa shape index (κ3) is 7.49. The fourth-order valence-corrected chi connectivity index (χ4v) is 4.41. The van der Waals surface area contributed by atoms with Crippen LogP contribution in [-0.4, -0.2) is 54.5 Å². The number of nitrogens with zero attached hydrogens (tertiary/aromatic N) is 3. The molecule has 1 aromatic heterocycles. The Hall–Kier alpha value is -1.58. The Labute approximate surface area is 209 Å². The van der Waals surface area contributed by atoms with Crippen molar-refractivity contribution in [2.75, 3.05) is 26.7 Å². The van der Waals surface area contributed by atoms with Gasteiger partial charge in [0.2, 0.25) is 0 Å². The molecule has 2 aromatic rings. The summed E-state index contributed by atoms with van der Waals surface area (Å²) in [6, 6.07) is 14.0. The summed E-state index contributed by atoms with van der Waals surface area (Å²) in [5, 5.41) is 7.13. The van der Waals surface area contributed by atoms with Crippen LogP contribution in [0.5, 0.6) is 0 Å². The SMILES string of the molecule is CCNC(=NCc1ccccc1CN(C)Cc1ccco1)NC1CCN(C2CC2)CC1.I. The minimum absolute atomic E-state index is 0. The molecule has 2 N–H and O–H groups in total. The number of nitrogens with one attached hydrogen (secondary N) is 2. The standard InChI is InChI=1S/C25H37N5O.HI/c1-3-26-25(28-22-12-14-30(15-13-22)23-10-11-23)27-17-20-7-4-5-8-21(20)18-29(2)19-24-9-6-16-31-24;/h4-9,16,22-23H,3,10-15,17-19H2,1-2H3,(H2,26,27,28);1H. The van der Waals surface area contributed by atoms with Crippen LogP contribution in [0.2, 0.25) is 0 Å². The molecular formula is C25H38IN5O. The molecule has 4 rings (SSSR count). The van der Waals surface area contributed by atoms with E-state index in [-0.39, 0.29) is 24.0 Å². The minimum Gasteiger partial charge on any atom is -0.468 e. The second kappa shape index (κ2) is 12.6. The van der Waals surface area contributed by atoms with Crippen LogP contribution in [0.25, 0.3) is 0 Å². The Balaban J connectivity index is 0.00000289. The van der Waals surface area contributed by atoms with Crippen molar-refractivity contribution >= 4 is 29.9 Å². The molecule has 176 valence electrons. The van der Waals surface area contributed by atoms with E-state index < -0.39 is 0 Å². The zero-order valence-corrected chi connectivity index (χ0v) is 21.8. The number of hydrogen-bond donors (Lipinski definition) is 2. The van der Waals surface area contributed by atoms with E-state index in [4.69, 9.17) is 9.41 Å². The van der Waals surface area contributed by atoms with Crippen LogP contribution < -0.4 is 10.6 Å². The molecule has 1 aliphatic carbocycles. The summed E-state index contributed by atoms with van der Waals surface area (Å²) in [4.78, 5) is 9.87. The van der Waals surface area contributed by atoms with Gasteiger partial charge in [-0.1, -0.05) is 24.3 Å². The summed E-state index contributed by atoms with van der Waals surface area (Å²) in [7, 11) is 2.13. The number of aliphatic imine (C=N–C) groups is 1. The van der Waals surface area contributed by atoms with Crippen LogP contribution in [0, 0.1) is 0 Å². The highest BCUT2D eigenvalue weighted by molar-refractivity contribution is 14.0. The Morgan fingerprint density at radius 1 is 1.06 bits per heavy atom. The number of hydrogen-bond acceptors (Lipinski definition) is 4. The van der Waals surface area contributed by atoms with Crippen LogP contribution in [0.15, 0.2) is 52.1 Å². The maximum absolute atomic E-state index is 5.49. The van der Waals surface area contributed by atoms with Gasteiger partial charge in [-0.2, -0.15) is 0 Å². The highest BCUT2D eigenvalue weighted by Gasteiger charge is 2.31. The predicted molar refractivity (Wildman–Crippen MR) is 141 cm³/mol. The molecule has 0 amide bonds. The van der Waals surface area contributed by atoms with Crippen LogP contribution in [0.1, 0.15) is 49.5 Å². The average molecular weight is 552 g/mol. The van der Waals surface area contributed by atoms with E-state index in [1.54, 1.807) is 6.26 Å². The molecule has 2 fully saturated rings. The number of piperidine rings is 1. The van der Waals surface area contributed by atoms with Gasteiger partial charge in [-0.15, -0.1) is 24.0 Å². The lowest BCUT2D eigenvalue weighted by atomic mass is 10.1. The normalized spacial score (nSPS) is 17.9. The van der Waals surface area contributed by atoms with Gasteiger partial charge < -0.3 is 20.0 Å². The van der Waals surface area contributed by atoms with E-state index in [1.165, 1.54) is 49.9 Å². The lowest BCUT2D eigenvalue weighted by molar-refractivity contribution is 0.197. The molecule has 1 saturated carbocycles. The Bertz CT molecular complexity index is 829. The molecule has 1 aliphatic heterocycles. The van der Waals surface area contributed by atoms with Gasteiger partial charge in [0.1, 0.15) is 5.76 Å². The second-order valence-electron chi connectivity index (χ2n) is 8.90. The number of furan rings is 1. The van der Waals surface area contributed by atoms with Gasteiger partial charge >= 0.3 is 0 Å². The van der Waals surface area contributed by atoms with Crippen molar-refractivity contribution in [2.45, 2.75) is 64.3 Å². The molecule has 0 atom stereocenters. The zero-order valence-electron chi connectivity index (χ0n) is 19.4. The topological polar surface area (TPSA) is 56.0 Å². The molecule has 7 heteroatoms. The first kappa shape index (κ1) is 25.1. The summed E-state index contributed by atoms with van der Waals surface area (Å²) < 4.78 is 5.49. The van der Waals surface area contributed by atoms with Gasteiger partial charge in [0.05, 0.1) is 19.4 Å². The smallest absolute Gasteiger partial charge is 0.191 e. The fraction of sp³-hybridized carbons (Fsp3) is 0.560. The van der Waals surface area contributed by atoms with Gasteiger partial charge in [-0.05, 0) is 62.9 Å². The Morgan fingerprint density at radius 2 is 1.81 bits per heavy atom. The second-order valence-corrected chi connectivity index (χ2v) is 8.90. The molecule has 2 aliphatic rings. The van der Waals surface area contributed by atoms with Crippen molar-refractivity contribution in [1.82, 2.24) is 20.4 Å². The average Bonchev–Trinajstić information content (AvgIpc) is 3.50. The Kier molecular flexibility index (Phi) is 9.87. The van der Waals surface area contributed by atoms with Gasteiger partial charge in [0.15, 0.2) is 5.96 Å². The van der Waals surface area contributed by atoms with Crippen LogP contribution in [-0.2, 0) is 19.6 Å². The first-order valence-corrected chi connectivity index (χ1v) is 11.8. The van der Waals surface area contributed by atoms with Crippen molar-refractivity contribution in [3.63, 3.8) is 0 Å². The van der Waals surface area contributed by atoms with Crippen molar-refractivity contribution in [3.05, 3.63) is 59.5 Å². The number of halogens is 1. The first-order chi connectivity index (χ1) is 15.2. The van der Waals surface area contributed by atoms with E-state index >= 15 is 0 Å². The van der Waals surface area contributed by atoms with Crippen molar-refractivity contribution < 1.29 is 4.42 Å². The fourth-order valence-electron chi connectivity index (χ4n) is 4.41. The van der Waals surface area contributed by atoms with Crippen molar-refractivity contribution in [1.29, 1.82) is 0 Å². The highest BCUT2D eigenvalue weighted by atomic mass is 127. The lowest BCUT2D eigenvalue weighted by Crippen LogP contribution is -2.49. The molecule has 1 aromatic carbocycles. The Morgan fingerprint density at radius 3 is 2.47 bits per heavy atom.